The summed E-state index contributed by atoms with van der Waals surface area (Å²) < 4.78 is 0. The van der Waals surface area contributed by atoms with Crippen LogP contribution in [-0.2, 0) is 16.1 Å². The molecule has 146 valence electrons. The van der Waals surface area contributed by atoms with Crippen molar-refractivity contribution in [3.05, 3.63) is 64.1 Å². The number of anilines is 1. The van der Waals surface area contributed by atoms with Crippen LogP contribution in [0.1, 0.15) is 12.0 Å². The fourth-order valence-electron chi connectivity index (χ4n) is 3.87. The van der Waals surface area contributed by atoms with Crippen LogP contribution in [0.15, 0.2) is 48.5 Å². The maximum Gasteiger partial charge on any atom is 0.251 e. The third kappa shape index (κ3) is 4.08. The number of nitrogens with zero attached hydrogens (tertiary/aromatic N) is 3. The zero-order valence-electron chi connectivity index (χ0n) is 15.4. The number of halogens is 2. The molecule has 0 saturated carbocycles. The Hall–Kier alpha value is -1.92. The topological polar surface area (TPSA) is 43.9 Å². The van der Waals surface area contributed by atoms with Gasteiger partial charge in [-0.05, 0) is 35.9 Å². The highest BCUT2D eigenvalue weighted by Gasteiger charge is 2.43. The minimum Gasteiger partial charge on any atom is -0.297 e. The smallest absolute Gasteiger partial charge is 0.251 e. The fourth-order valence-corrected chi connectivity index (χ4v) is 4.18. The molecule has 0 N–H and O–H groups in total. The molecule has 0 unspecified atom stereocenters. The van der Waals surface area contributed by atoms with Crippen LogP contribution in [-0.4, -0.2) is 53.8 Å². The van der Waals surface area contributed by atoms with Crippen LogP contribution in [0.3, 0.4) is 0 Å². The van der Waals surface area contributed by atoms with Gasteiger partial charge in [-0.3, -0.25) is 19.4 Å². The van der Waals surface area contributed by atoms with Crippen molar-refractivity contribution in [3.63, 3.8) is 0 Å². The zero-order chi connectivity index (χ0) is 19.7. The van der Waals surface area contributed by atoms with Crippen molar-refractivity contribution in [3.8, 4) is 0 Å². The lowest BCUT2D eigenvalue weighted by molar-refractivity contribution is -0.123. The summed E-state index contributed by atoms with van der Waals surface area (Å²) in [5.41, 5.74) is 1.77. The lowest BCUT2D eigenvalue weighted by atomic mass is 10.1. The van der Waals surface area contributed by atoms with Gasteiger partial charge in [0.25, 0.3) is 5.91 Å². The number of carbonyl (C=O) groups is 2. The predicted octanol–water partition coefficient (Wildman–Crippen LogP) is 3.44. The van der Waals surface area contributed by atoms with Crippen LogP contribution < -0.4 is 4.90 Å². The van der Waals surface area contributed by atoms with Crippen molar-refractivity contribution in [1.29, 1.82) is 0 Å². The molecule has 2 amide bonds. The summed E-state index contributed by atoms with van der Waals surface area (Å²) >= 11 is 12.0. The van der Waals surface area contributed by atoms with Crippen LogP contribution in [0.5, 0.6) is 0 Å². The molecule has 0 radical (unpaired) electrons. The van der Waals surface area contributed by atoms with Gasteiger partial charge in [0.15, 0.2) is 0 Å². The molecule has 2 aromatic rings. The summed E-state index contributed by atoms with van der Waals surface area (Å²) in [4.78, 5) is 31.2. The van der Waals surface area contributed by atoms with E-state index in [1.54, 1.807) is 24.3 Å². The molecule has 2 aliphatic heterocycles. The first-order valence-electron chi connectivity index (χ1n) is 9.34. The molecule has 1 atom stereocenters. The van der Waals surface area contributed by atoms with Crippen LogP contribution in [0.25, 0.3) is 0 Å². The molecule has 0 bridgehead atoms. The molecule has 2 heterocycles. The van der Waals surface area contributed by atoms with E-state index < -0.39 is 0 Å². The molecule has 4 rings (SSSR count). The number of hydrogen-bond acceptors (Lipinski definition) is 4. The zero-order valence-corrected chi connectivity index (χ0v) is 16.9. The normalized spacial score (nSPS) is 21.5. The summed E-state index contributed by atoms with van der Waals surface area (Å²) in [7, 11) is 0. The van der Waals surface area contributed by atoms with Crippen molar-refractivity contribution >= 4 is 40.7 Å². The number of piperazine rings is 1. The molecular formula is C21H21Cl2N3O2. The van der Waals surface area contributed by atoms with E-state index >= 15 is 0 Å². The Kier molecular flexibility index (Phi) is 5.69. The molecule has 28 heavy (non-hydrogen) atoms. The summed E-state index contributed by atoms with van der Waals surface area (Å²) in [5.74, 6) is -0.320. The van der Waals surface area contributed by atoms with Crippen molar-refractivity contribution < 1.29 is 9.59 Å². The molecule has 2 aliphatic rings. The first-order chi connectivity index (χ1) is 13.5. The van der Waals surface area contributed by atoms with E-state index in [4.69, 9.17) is 23.2 Å². The van der Waals surface area contributed by atoms with Gasteiger partial charge >= 0.3 is 0 Å². The van der Waals surface area contributed by atoms with E-state index in [1.807, 2.05) is 24.3 Å². The van der Waals surface area contributed by atoms with Crippen LogP contribution >= 0.6 is 23.2 Å². The SMILES string of the molecule is O=C1C[C@@H](N2CCN(Cc3ccc(Cl)cc3)CC2)C(=O)N1c1cccc(Cl)c1. The number of carbonyl (C=O) groups excluding carboxylic acids is 2. The highest BCUT2D eigenvalue weighted by atomic mass is 35.5. The Morgan fingerprint density at radius 1 is 0.893 bits per heavy atom. The number of amides is 2. The first kappa shape index (κ1) is 19.4. The molecule has 2 aromatic carbocycles. The molecule has 7 heteroatoms. The quantitative estimate of drug-likeness (QED) is 0.714. The van der Waals surface area contributed by atoms with E-state index in [2.05, 4.69) is 9.80 Å². The van der Waals surface area contributed by atoms with Gasteiger partial charge in [0.1, 0.15) is 0 Å². The molecule has 2 fully saturated rings. The van der Waals surface area contributed by atoms with Gasteiger partial charge < -0.3 is 0 Å². The van der Waals surface area contributed by atoms with Crippen molar-refractivity contribution in [2.24, 2.45) is 0 Å². The Morgan fingerprint density at radius 2 is 1.61 bits per heavy atom. The predicted molar refractivity (Wildman–Crippen MR) is 111 cm³/mol. The van der Waals surface area contributed by atoms with Gasteiger partial charge in [-0.25, -0.2) is 4.90 Å². The number of rotatable bonds is 4. The van der Waals surface area contributed by atoms with E-state index in [0.717, 1.165) is 37.7 Å². The van der Waals surface area contributed by atoms with Gasteiger partial charge in [-0.15, -0.1) is 0 Å². The summed E-state index contributed by atoms with van der Waals surface area (Å²) in [5, 5.41) is 1.25. The van der Waals surface area contributed by atoms with Crippen molar-refractivity contribution in [2.45, 2.75) is 19.0 Å². The molecular weight excluding hydrogens is 397 g/mol. The number of imide groups is 1. The van der Waals surface area contributed by atoms with Crippen molar-refractivity contribution in [2.75, 3.05) is 31.1 Å². The lowest BCUT2D eigenvalue weighted by Gasteiger charge is -2.37. The van der Waals surface area contributed by atoms with E-state index in [9.17, 15) is 9.59 Å². The number of benzene rings is 2. The highest BCUT2D eigenvalue weighted by molar-refractivity contribution is 6.31. The Balaban J connectivity index is 1.37. The molecule has 5 nitrogen and oxygen atoms in total. The summed E-state index contributed by atoms with van der Waals surface area (Å²) in [6.45, 7) is 4.11. The third-order valence-corrected chi connectivity index (χ3v) is 5.84. The average Bonchev–Trinajstić information content (AvgIpc) is 2.98. The van der Waals surface area contributed by atoms with Gasteiger partial charge in [0.2, 0.25) is 5.91 Å². The molecule has 0 aromatic heterocycles. The van der Waals surface area contributed by atoms with Gasteiger partial charge in [0, 0.05) is 42.8 Å². The van der Waals surface area contributed by atoms with Crippen molar-refractivity contribution in [1.82, 2.24) is 9.80 Å². The maximum atomic E-state index is 12.9. The Morgan fingerprint density at radius 3 is 2.29 bits per heavy atom. The van der Waals surface area contributed by atoms with E-state index in [0.29, 0.717) is 10.7 Å². The fraction of sp³-hybridized carbons (Fsp3) is 0.333. The standard InChI is InChI=1S/C21H21Cl2N3O2/c22-16-6-4-15(5-7-16)14-24-8-10-25(11-9-24)19-13-20(27)26(21(19)28)18-3-1-2-17(23)12-18/h1-7,12,19H,8-11,13-14H2/t19-/m1/s1. The second-order valence-electron chi connectivity index (χ2n) is 7.21. The third-order valence-electron chi connectivity index (χ3n) is 5.36. The molecule has 2 saturated heterocycles. The van der Waals surface area contributed by atoms with E-state index in [-0.39, 0.29) is 24.3 Å². The minimum absolute atomic E-state index is 0.154. The first-order valence-corrected chi connectivity index (χ1v) is 10.1. The van der Waals surface area contributed by atoms with Crippen LogP contribution in [0.2, 0.25) is 10.0 Å². The van der Waals surface area contributed by atoms with Gasteiger partial charge in [0.05, 0.1) is 18.2 Å². The van der Waals surface area contributed by atoms with Gasteiger partial charge in [-0.2, -0.15) is 0 Å². The summed E-state index contributed by atoms with van der Waals surface area (Å²) in [6, 6.07) is 14.4. The second kappa shape index (κ2) is 8.21. The number of hydrogen-bond donors (Lipinski definition) is 0. The maximum absolute atomic E-state index is 12.9. The lowest BCUT2D eigenvalue weighted by Crippen LogP contribution is -2.52. The monoisotopic (exact) mass is 417 g/mol. The highest BCUT2D eigenvalue weighted by Crippen LogP contribution is 2.28. The van der Waals surface area contributed by atoms with Crippen LogP contribution in [0, 0.1) is 0 Å². The minimum atomic E-state index is -0.385. The largest absolute Gasteiger partial charge is 0.297 e. The molecule has 0 spiro atoms. The Labute approximate surface area is 174 Å². The van der Waals surface area contributed by atoms with E-state index in [1.165, 1.54) is 10.5 Å². The average molecular weight is 418 g/mol. The molecule has 0 aliphatic carbocycles. The second-order valence-corrected chi connectivity index (χ2v) is 8.08. The Bertz CT molecular complexity index is 879. The van der Waals surface area contributed by atoms with Gasteiger partial charge in [-0.1, -0.05) is 41.4 Å². The summed E-state index contributed by atoms with van der Waals surface area (Å²) in [6.07, 6.45) is 0.225. The van der Waals surface area contributed by atoms with Crippen LogP contribution in [0.4, 0.5) is 5.69 Å².